The van der Waals surface area contributed by atoms with E-state index < -0.39 is 0 Å². The van der Waals surface area contributed by atoms with Gasteiger partial charge in [0.25, 0.3) is 0 Å². The molecule has 0 aromatic heterocycles. The first kappa shape index (κ1) is 6.75. The minimum atomic E-state index is 0.148. The van der Waals surface area contributed by atoms with Crippen molar-refractivity contribution >= 4 is 6.29 Å². The van der Waals surface area contributed by atoms with Crippen LogP contribution in [0.25, 0.3) is 0 Å². The zero-order valence-corrected chi connectivity index (χ0v) is 5.76. The van der Waals surface area contributed by atoms with Gasteiger partial charge in [0, 0.05) is 0 Å². The van der Waals surface area contributed by atoms with E-state index in [-0.39, 0.29) is 6.04 Å². The Morgan fingerprint density at radius 1 is 1.78 bits per heavy atom. The summed E-state index contributed by atoms with van der Waals surface area (Å²) in [6.45, 7) is 3.15. The summed E-state index contributed by atoms with van der Waals surface area (Å²) in [7, 11) is 0. The predicted molar refractivity (Wildman–Crippen MR) is 36.3 cm³/mol. The second-order valence-electron chi connectivity index (χ2n) is 2.57. The molecular formula is C7H13NO. The van der Waals surface area contributed by atoms with Crippen LogP contribution >= 0.6 is 0 Å². The molecule has 1 aliphatic heterocycles. The third-order valence-electron chi connectivity index (χ3n) is 2.07. The average Bonchev–Trinajstić information content (AvgIpc) is 2.33. The number of carbonyl (C=O) groups is 1. The van der Waals surface area contributed by atoms with Crippen LogP contribution in [0.5, 0.6) is 0 Å². The topological polar surface area (TPSA) is 29.1 Å². The standard InChI is InChI=1S/C7H13NO/c1-2-6-3-4-8-7(6)5-9/h5-8H,2-4H2,1H3. The first-order chi connectivity index (χ1) is 4.38. The van der Waals surface area contributed by atoms with Crippen molar-refractivity contribution in [1.29, 1.82) is 0 Å². The second-order valence-corrected chi connectivity index (χ2v) is 2.57. The number of hydrogen-bond acceptors (Lipinski definition) is 2. The van der Waals surface area contributed by atoms with Crippen LogP contribution in [0.2, 0.25) is 0 Å². The highest BCUT2D eigenvalue weighted by Crippen LogP contribution is 2.16. The Morgan fingerprint density at radius 3 is 3.00 bits per heavy atom. The highest BCUT2D eigenvalue weighted by molar-refractivity contribution is 5.58. The molecule has 2 unspecified atom stereocenters. The van der Waals surface area contributed by atoms with Gasteiger partial charge in [-0.2, -0.15) is 0 Å². The zero-order valence-electron chi connectivity index (χ0n) is 5.76. The second kappa shape index (κ2) is 2.97. The molecule has 0 aliphatic carbocycles. The van der Waals surface area contributed by atoms with Gasteiger partial charge >= 0.3 is 0 Å². The van der Waals surface area contributed by atoms with Crippen molar-refractivity contribution in [3.05, 3.63) is 0 Å². The van der Waals surface area contributed by atoms with Crippen molar-refractivity contribution in [2.75, 3.05) is 6.54 Å². The molecule has 1 heterocycles. The highest BCUT2D eigenvalue weighted by Gasteiger charge is 2.23. The molecule has 1 rings (SSSR count). The van der Waals surface area contributed by atoms with Gasteiger partial charge in [-0.15, -0.1) is 0 Å². The van der Waals surface area contributed by atoms with E-state index in [0.29, 0.717) is 5.92 Å². The average molecular weight is 127 g/mol. The first-order valence-corrected chi connectivity index (χ1v) is 3.57. The molecule has 0 bridgehead atoms. The molecule has 2 heteroatoms. The molecule has 0 spiro atoms. The Balaban J connectivity index is 2.41. The van der Waals surface area contributed by atoms with Gasteiger partial charge in [0.1, 0.15) is 6.29 Å². The quantitative estimate of drug-likeness (QED) is 0.549. The van der Waals surface area contributed by atoms with Gasteiger partial charge in [-0.05, 0) is 18.9 Å². The van der Waals surface area contributed by atoms with Crippen molar-refractivity contribution in [3.63, 3.8) is 0 Å². The van der Waals surface area contributed by atoms with Gasteiger partial charge in [0.15, 0.2) is 0 Å². The van der Waals surface area contributed by atoms with Gasteiger partial charge in [-0.1, -0.05) is 13.3 Å². The van der Waals surface area contributed by atoms with Crippen LogP contribution in [0, 0.1) is 5.92 Å². The molecule has 0 aromatic carbocycles. The van der Waals surface area contributed by atoms with Crippen LogP contribution in [0.4, 0.5) is 0 Å². The van der Waals surface area contributed by atoms with E-state index in [9.17, 15) is 4.79 Å². The van der Waals surface area contributed by atoms with Crippen LogP contribution in [0.3, 0.4) is 0 Å². The van der Waals surface area contributed by atoms with E-state index in [0.717, 1.165) is 19.3 Å². The monoisotopic (exact) mass is 127 g/mol. The zero-order chi connectivity index (χ0) is 6.69. The van der Waals surface area contributed by atoms with Crippen molar-refractivity contribution in [1.82, 2.24) is 5.32 Å². The largest absolute Gasteiger partial charge is 0.307 e. The Kier molecular flexibility index (Phi) is 2.22. The minimum absolute atomic E-state index is 0.148. The molecule has 2 nitrogen and oxygen atoms in total. The number of hydrogen-bond donors (Lipinski definition) is 1. The molecule has 1 N–H and O–H groups in total. The molecule has 0 radical (unpaired) electrons. The van der Waals surface area contributed by atoms with E-state index in [2.05, 4.69) is 12.2 Å². The van der Waals surface area contributed by atoms with E-state index in [1.165, 1.54) is 6.42 Å². The third kappa shape index (κ3) is 1.30. The third-order valence-corrected chi connectivity index (χ3v) is 2.07. The SMILES string of the molecule is CCC1CCNC1C=O. The summed E-state index contributed by atoms with van der Waals surface area (Å²) in [6.07, 6.45) is 3.32. The van der Waals surface area contributed by atoms with Gasteiger partial charge in [-0.25, -0.2) is 0 Å². The van der Waals surface area contributed by atoms with Crippen molar-refractivity contribution in [2.45, 2.75) is 25.8 Å². The summed E-state index contributed by atoms with van der Waals surface area (Å²) < 4.78 is 0. The smallest absolute Gasteiger partial charge is 0.137 e. The van der Waals surface area contributed by atoms with Crippen molar-refractivity contribution in [3.8, 4) is 0 Å². The maximum atomic E-state index is 10.3. The Morgan fingerprint density at radius 2 is 2.56 bits per heavy atom. The van der Waals surface area contributed by atoms with Crippen LogP contribution in [0.15, 0.2) is 0 Å². The van der Waals surface area contributed by atoms with Gasteiger partial charge < -0.3 is 10.1 Å². The lowest BCUT2D eigenvalue weighted by atomic mass is 9.99. The number of aldehydes is 1. The highest BCUT2D eigenvalue weighted by atomic mass is 16.1. The molecule has 1 aliphatic rings. The van der Waals surface area contributed by atoms with Crippen LogP contribution in [0.1, 0.15) is 19.8 Å². The maximum absolute atomic E-state index is 10.3. The fourth-order valence-corrected chi connectivity index (χ4v) is 1.40. The summed E-state index contributed by atoms with van der Waals surface area (Å²) >= 11 is 0. The molecule has 0 aromatic rings. The molecule has 2 atom stereocenters. The fourth-order valence-electron chi connectivity index (χ4n) is 1.40. The lowest BCUT2D eigenvalue weighted by Crippen LogP contribution is -2.27. The number of nitrogens with one attached hydrogen (secondary N) is 1. The van der Waals surface area contributed by atoms with E-state index in [4.69, 9.17) is 0 Å². The van der Waals surface area contributed by atoms with Gasteiger partial charge in [-0.3, -0.25) is 0 Å². The Bertz CT molecular complexity index is 103. The normalized spacial score (nSPS) is 34.8. The lowest BCUT2D eigenvalue weighted by molar-refractivity contribution is -0.110. The number of rotatable bonds is 2. The predicted octanol–water partition coefficient (Wildman–Crippen LogP) is 0.573. The molecule has 52 valence electrons. The molecular weight excluding hydrogens is 114 g/mol. The van der Waals surface area contributed by atoms with Gasteiger partial charge in [0.05, 0.1) is 6.04 Å². The summed E-state index contributed by atoms with van der Waals surface area (Å²) in [5.41, 5.74) is 0. The van der Waals surface area contributed by atoms with E-state index in [1.54, 1.807) is 0 Å². The van der Waals surface area contributed by atoms with Crippen LogP contribution in [-0.4, -0.2) is 18.9 Å². The van der Waals surface area contributed by atoms with Gasteiger partial charge in [0.2, 0.25) is 0 Å². The fraction of sp³-hybridized carbons (Fsp3) is 0.857. The first-order valence-electron chi connectivity index (χ1n) is 3.57. The van der Waals surface area contributed by atoms with Crippen molar-refractivity contribution < 1.29 is 4.79 Å². The molecule has 0 saturated carbocycles. The molecule has 1 saturated heterocycles. The van der Waals surface area contributed by atoms with Crippen LogP contribution in [-0.2, 0) is 4.79 Å². The molecule has 1 fully saturated rings. The number of carbonyl (C=O) groups excluding carboxylic acids is 1. The van der Waals surface area contributed by atoms with E-state index >= 15 is 0 Å². The summed E-state index contributed by atoms with van der Waals surface area (Å²) in [5, 5.41) is 3.14. The summed E-state index contributed by atoms with van der Waals surface area (Å²) in [5.74, 6) is 0.600. The summed E-state index contributed by atoms with van der Waals surface area (Å²) in [4.78, 5) is 10.3. The van der Waals surface area contributed by atoms with Crippen molar-refractivity contribution in [2.24, 2.45) is 5.92 Å². The molecule has 9 heavy (non-hydrogen) atoms. The minimum Gasteiger partial charge on any atom is -0.307 e. The van der Waals surface area contributed by atoms with E-state index in [1.807, 2.05) is 0 Å². The lowest BCUT2D eigenvalue weighted by Gasteiger charge is -2.09. The Hall–Kier alpha value is -0.370. The molecule has 0 amide bonds. The maximum Gasteiger partial charge on any atom is 0.137 e. The Labute approximate surface area is 55.6 Å². The van der Waals surface area contributed by atoms with Crippen LogP contribution < -0.4 is 5.32 Å². The summed E-state index contributed by atoms with van der Waals surface area (Å²) in [6, 6.07) is 0.148.